The van der Waals surface area contributed by atoms with Crippen molar-refractivity contribution in [3.63, 3.8) is 0 Å². The Hall–Kier alpha value is -1.43. The van der Waals surface area contributed by atoms with E-state index in [9.17, 15) is 14.4 Å². The molecular formula is C5H7NO5. The Morgan fingerprint density at radius 1 is 1.45 bits per heavy atom. The lowest BCUT2D eigenvalue weighted by Gasteiger charge is -2.01. The number of rotatable bonds is 1. The smallest absolute Gasteiger partial charge is 0.424 e. The van der Waals surface area contributed by atoms with Gasteiger partial charge in [-0.1, -0.05) is 0 Å². The average Bonchev–Trinajstić information content (AvgIpc) is 1.87. The van der Waals surface area contributed by atoms with Gasteiger partial charge < -0.3 is 15.6 Å². The van der Waals surface area contributed by atoms with E-state index in [0.717, 1.165) is 0 Å². The second-order valence-electron chi connectivity index (χ2n) is 1.80. The van der Waals surface area contributed by atoms with Crippen molar-refractivity contribution < 1.29 is 24.2 Å². The van der Waals surface area contributed by atoms with E-state index in [1.165, 1.54) is 6.92 Å². The first-order valence-electron chi connectivity index (χ1n) is 2.69. The largest absolute Gasteiger partial charge is 0.473 e. The monoisotopic (exact) mass is 161 g/mol. The summed E-state index contributed by atoms with van der Waals surface area (Å²) in [6.07, 6.45) is 0. The highest BCUT2D eigenvalue weighted by atomic mass is 16.6. The summed E-state index contributed by atoms with van der Waals surface area (Å²) in [6, 6.07) is -1.00. The number of nitrogens with two attached hydrogens (primary N) is 1. The van der Waals surface area contributed by atoms with Crippen LogP contribution in [0.2, 0.25) is 0 Å². The van der Waals surface area contributed by atoms with Crippen molar-refractivity contribution in [2.45, 2.75) is 13.0 Å². The number of carbonyl (C=O) groups excluding carboxylic acids is 2. The number of hydrogen-bond acceptors (Lipinski definition) is 5. The van der Waals surface area contributed by atoms with Gasteiger partial charge in [0.1, 0.15) is 6.04 Å². The zero-order valence-corrected chi connectivity index (χ0v) is 5.73. The van der Waals surface area contributed by atoms with Crippen LogP contribution in [0.15, 0.2) is 0 Å². The molecule has 0 aliphatic heterocycles. The van der Waals surface area contributed by atoms with Crippen LogP contribution in [0, 0.1) is 0 Å². The maximum Gasteiger partial charge on any atom is 0.424 e. The van der Waals surface area contributed by atoms with Crippen LogP contribution < -0.4 is 5.73 Å². The summed E-state index contributed by atoms with van der Waals surface area (Å²) in [6.45, 7) is 1.28. The molecule has 0 spiro atoms. The third kappa shape index (κ3) is 3.31. The summed E-state index contributed by atoms with van der Waals surface area (Å²) >= 11 is 0. The van der Waals surface area contributed by atoms with Gasteiger partial charge in [-0.15, -0.1) is 0 Å². The topological polar surface area (TPSA) is 107 Å². The van der Waals surface area contributed by atoms with Crippen molar-refractivity contribution in [2.24, 2.45) is 5.73 Å². The van der Waals surface area contributed by atoms with Crippen LogP contribution in [0.5, 0.6) is 0 Å². The zero-order chi connectivity index (χ0) is 9.02. The van der Waals surface area contributed by atoms with E-state index >= 15 is 0 Å². The molecule has 0 amide bonds. The average molecular weight is 161 g/mol. The molecule has 0 aliphatic rings. The summed E-state index contributed by atoms with van der Waals surface area (Å²) in [5.41, 5.74) is 4.96. The van der Waals surface area contributed by atoms with Gasteiger partial charge in [0, 0.05) is 0 Å². The molecule has 0 aromatic carbocycles. The van der Waals surface area contributed by atoms with Gasteiger partial charge in [0.15, 0.2) is 0 Å². The molecule has 6 heteroatoms. The molecule has 0 heterocycles. The van der Waals surface area contributed by atoms with Crippen LogP contribution >= 0.6 is 0 Å². The third-order valence-corrected chi connectivity index (χ3v) is 0.740. The molecule has 3 N–H and O–H groups in total. The molecule has 0 saturated carbocycles. The lowest BCUT2D eigenvalue weighted by Crippen LogP contribution is -2.32. The quantitative estimate of drug-likeness (QED) is 0.275. The lowest BCUT2D eigenvalue weighted by atomic mass is 10.4. The van der Waals surface area contributed by atoms with Gasteiger partial charge in [0.2, 0.25) is 0 Å². The molecule has 0 bridgehead atoms. The lowest BCUT2D eigenvalue weighted by molar-refractivity contribution is -0.171. The van der Waals surface area contributed by atoms with Crippen molar-refractivity contribution in [3.05, 3.63) is 0 Å². The molecule has 0 fully saturated rings. The second-order valence-corrected chi connectivity index (χ2v) is 1.80. The molecule has 6 nitrogen and oxygen atoms in total. The molecule has 0 aliphatic carbocycles. The van der Waals surface area contributed by atoms with Crippen LogP contribution in [0.1, 0.15) is 6.92 Å². The minimum Gasteiger partial charge on any atom is -0.473 e. The van der Waals surface area contributed by atoms with E-state index < -0.39 is 23.9 Å². The number of ether oxygens (including phenoxy) is 1. The van der Waals surface area contributed by atoms with Crippen molar-refractivity contribution in [1.82, 2.24) is 0 Å². The van der Waals surface area contributed by atoms with E-state index in [1.807, 2.05) is 0 Å². The van der Waals surface area contributed by atoms with E-state index in [0.29, 0.717) is 0 Å². The molecule has 0 radical (unpaired) electrons. The number of carbonyl (C=O) groups is 3. The van der Waals surface area contributed by atoms with E-state index in [-0.39, 0.29) is 0 Å². The van der Waals surface area contributed by atoms with Gasteiger partial charge in [0.05, 0.1) is 0 Å². The van der Waals surface area contributed by atoms with Crippen molar-refractivity contribution >= 4 is 17.9 Å². The molecule has 0 aromatic rings. The maximum atomic E-state index is 10.4. The van der Waals surface area contributed by atoms with Gasteiger partial charge in [-0.2, -0.15) is 0 Å². The standard InChI is InChI=1S/C5H7NO5/c1-2(6)4(9)11-5(10)3(7)8/h2H,6H2,1H3,(H,7,8)/t2-/m0/s1. The van der Waals surface area contributed by atoms with Gasteiger partial charge in [-0.25, -0.2) is 14.4 Å². The van der Waals surface area contributed by atoms with Crippen molar-refractivity contribution in [3.8, 4) is 0 Å². The minimum atomic E-state index is -1.82. The fourth-order valence-electron chi connectivity index (χ4n) is 0.228. The highest BCUT2D eigenvalue weighted by molar-refractivity contribution is 6.30. The highest BCUT2D eigenvalue weighted by Crippen LogP contribution is 1.85. The highest BCUT2D eigenvalue weighted by Gasteiger charge is 2.19. The third-order valence-electron chi connectivity index (χ3n) is 0.740. The summed E-state index contributed by atoms with van der Waals surface area (Å²) in [5.74, 6) is -4.50. The second kappa shape index (κ2) is 3.67. The van der Waals surface area contributed by atoms with Crippen molar-refractivity contribution in [2.75, 3.05) is 0 Å². The van der Waals surface area contributed by atoms with Crippen LogP contribution in [0.4, 0.5) is 0 Å². The number of aliphatic carboxylic acids is 1. The molecule has 0 rings (SSSR count). The van der Waals surface area contributed by atoms with E-state index in [1.54, 1.807) is 0 Å². The van der Waals surface area contributed by atoms with Crippen molar-refractivity contribution in [1.29, 1.82) is 0 Å². The van der Waals surface area contributed by atoms with Crippen LogP contribution in [-0.2, 0) is 19.1 Å². The Bertz CT molecular complexity index is 197. The van der Waals surface area contributed by atoms with E-state index in [2.05, 4.69) is 4.74 Å². The Morgan fingerprint density at radius 2 is 1.91 bits per heavy atom. The molecule has 11 heavy (non-hydrogen) atoms. The minimum absolute atomic E-state index is 1.00. The Balaban J connectivity index is 3.96. The number of hydrogen-bond donors (Lipinski definition) is 2. The number of carboxylic acids is 1. The molecule has 62 valence electrons. The predicted octanol–water partition coefficient (Wildman–Crippen LogP) is -1.51. The van der Waals surface area contributed by atoms with Gasteiger partial charge in [-0.05, 0) is 6.92 Å². The molecule has 0 aromatic heterocycles. The maximum absolute atomic E-state index is 10.4. The first kappa shape index (κ1) is 9.57. The molecule has 0 unspecified atom stereocenters. The first-order valence-corrected chi connectivity index (χ1v) is 2.69. The van der Waals surface area contributed by atoms with Crippen LogP contribution in [-0.4, -0.2) is 29.1 Å². The summed E-state index contributed by atoms with van der Waals surface area (Å²) < 4.78 is 3.77. The van der Waals surface area contributed by atoms with Gasteiger partial charge in [-0.3, -0.25) is 0 Å². The zero-order valence-electron chi connectivity index (χ0n) is 5.73. The molecule has 0 saturated heterocycles. The van der Waals surface area contributed by atoms with Crippen LogP contribution in [0.3, 0.4) is 0 Å². The Morgan fingerprint density at radius 3 is 2.18 bits per heavy atom. The molecule has 1 atom stereocenters. The van der Waals surface area contributed by atoms with E-state index in [4.69, 9.17) is 10.8 Å². The van der Waals surface area contributed by atoms with Gasteiger partial charge >= 0.3 is 17.9 Å². The summed E-state index contributed by atoms with van der Waals surface area (Å²) in [5, 5.41) is 7.95. The summed E-state index contributed by atoms with van der Waals surface area (Å²) in [4.78, 5) is 30.4. The fraction of sp³-hybridized carbons (Fsp3) is 0.400. The molecular weight excluding hydrogens is 154 g/mol. The SMILES string of the molecule is C[C@H](N)C(=O)OC(=O)C(=O)O. The normalized spacial score (nSPS) is 11.8. The number of esters is 2. The first-order chi connectivity index (χ1) is 4.95. The van der Waals surface area contributed by atoms with Crippen LogP contribution in [0.25, 0.3) is 0 Å². The predicted molar refractivity (Wildman–Crippen MR) is 32.4 cm³/mol. The Labute approximate surface area is 61.9 Å². The fourth-order valence-corrected chi connectivity index (χ4v) is 0.228. The number of carboxylic acid groups (broad SMARTS) is 1. The summed E-state index contributed by atoms with van der Waals surface area (Å²) in [7, 11) is 0. The Kier molecular flexibility index (Phi) is 3.19. The van der Waals surface area contributed by atoms with Gasteiger partial charge in [0.25, 0.3) is 0 Å².